The topological polar surface area (TPSA) is 44.5 Å². The lowest BCUT2D eigenvalue weighted by atomic mass is 9.99. The van der Waals surface area contributed by atoms with Crippen LogP contribution in [0.15, 0.2) is 66.7 Å². The highest BCUT2D eigenvalue weighted by molar-refractivity contribution is 5.73. The molecule has 0 bridgehead atoms. The highest BCUT2D eigenvalue weighted by Crippen LogP contribution is 2.33. The Labute approximate surface area is 142 Å². The number of methoxy groups -OCH3 is 1. The Balaban J connectivity index is 1.77. The van der Waals surface area contributed by atoms with Gasteiger partial charge in [0.2, 0.25) is 0 Å². The van der Waals surface area contributed by atoms with Crippen LogP contribution in [0.25, 0.3) is 11.1 Å². The molecule has 0 aliphatic carbocycles. The van der Waals surface area contributed by atoms with E-state index in [1.807, 2.05) is 49.4 Å². The number of nitrogen functional groups attached to an aromatic ring is 1. The minimum absolute atomic E-state index is 0.564. The van der Waals surface area contributed by atoms with E-state index in [-0.39, 0.29) is 0 Å². The van der Waals surface area contributed by atoms with Crippen molar-refractivity contribution in [3.8, 4) is 22.6 Å². The van der Waals surface area contributed by atoms with Crippen LogP contribution < -0.4 is 15.2 Å². The third-order valence-corrected chi connectivity index (χ3v) is 3.99. The van der Waals surface area contributed by atoms with Crippen LogP contribution in [0.3, 0.4) is 0 Å². The van der Waals surface area contributed by atoms with Gasteiger partial charge >= 0.3 is 0 Å². The Morgan fingerprint density at radius 2 is 1.62 bits per heavy atom. The van der Waals surface area contributed by atoms with E-state index in [1.54, 1.807) is 7.11 Å². The van der Waals surface area contributed by atoms with Crippen LogP contribution in [-0.4, -0.2) is 7.11 Å². The Morgan fingerprint density at radius 3 is 2.29 bits per heavy atom. The maximum atomic E-state index is 5.95. The summed E-state index contributed by atoms with van der Waals surface area (Å²) in [6, 6.07) is 22.1. The molecule has 2 N–H and O–H groups in total. The quantitative estimate of drug-likeness (QED) is 0.685. The molecular weight excluding hydrogens is 298 g/mol. The molecule has 0 unspecified atom stereocenters. The van der Waals surface area contributed by atoms with Gasteiger partial charge in [-0.25, -0.2) is 0 Å². The van der Waals surface area contributed by atoms with Gasteiger partial charge in [-0.1, -0.05) is 42.5 Å². The average molecular weight is 319 g/mol. The van der Waals surface area contributed by atoms with Gasteiger partial charge in [-0.3, -0.25) is 0 Å². The third-order valence-electron chi connectivity index (χ3n) is 3.99. The molecule has 3 aromatic carbocycles. The van der Waals surface area contributed by atoms with Crippen molar-refractivity contribution in [1.29, 1.82) is 0 Å². The second-order valence-corrected chi connectivity index (χ2v) is 5.71. The Kier molecular flexibility index (Phi) is 4.71. The molecule has 0 amide bonds. The maximum Gasteiger partial charge on any atom is 0.142 e. The summed E-state index contributed by atoms with van der Waals surface area (Å²) in [7, 11) is 1.63. The summed E-state index contributed by atoms with van der Waals surface area (Å²) >= 11 is 0. The Hall–Kier alpha value is -2.94. The summed E-state index contributed by atoms with van der Waals surface area (Å²) in [5.74, 6) is 1.54. The average Bonchev–Trinajstić information content (AvgIpc) is 2.62. The van der Waals surface area contributed by atoms with Crippen molar-refractivity contribution in [2.24, 2.45) is 0 Å². The molecule has 0 aromatic heterocycles. The highest BCUT2D eigenvalue weighted by Gasteiger charge is 2.08. The summed E-state index contributed by atoms with van der Waals surface area (Å²) < 4.78 is 11.2. The standard InChI is InChI=1S/C21H21NO2/c1-15-12-20(22)21(23-2)13-19(15)17-8-10-18(11-9-17)24-14-16-6-4-3-5-7-16/h3-13H,14,22H2,1-2H3. The zero-order valence-electron chi connectivity index (χ0n) is 14.0. The first-order valence-electron chi connectivity index (χ1n) is 7.88. The molecule has 0 aliphatic rings. The smallest absolute Gasteiger partial charge is 0.142 e. The fourth-order valence-corrected chi connectivity index (χ4v) is 2.67. The molecule has 0 saturated carbocycles. The van der Waals surface area contributed by atoms with Crippen molar-refractivity contribution in [2.45, 2.75) is 13.5 Å². The number of hydrogen-bond acceptors (Lipinski definition) is 3. The number of nitrogens with two attached hydrogens (primary N) is 1. The van der Waals surface area contributed by atoms with Crippen LogP contribution in [0.5, 0.6) is 11.5 Å². The SMILES string of the molecule is COc1cc(-c2ccc(OCc3ccccc3)cc2)c(C)cc1N. The van der Waals surface area contributed by atoms with Crippen molar-refractivity contribution in [1.82, 2.24) is 0 Å². The van der Waals surface area contributed by atoms with E-state index in [1.165, 1.54) is 0 Å². The van der Waals surface area contributed by atoms with Crippen molar-refractivity contribution in [2.75, 3.05) is 12.8 Å². The maximum absolute atomic E-state index is 5.95. The fraction of sp³-hybridized carbons (Fsp3) is 0.143. The molecule has 0 heterocycles. The monoisotopic (exact) mass is 319 g/mol. The van der Waals surface area contributed by atoms with Gasteiger partial charge < -0.3 is 15.2 Å². The number of rotatable bonds is 5. The summed E-state index contributed by atoms with van der Waals surface area (Å²) in [6.07, 6.45) is 0. The molecule has 0 fully saturated rings. The van der Waals surface area contributed by atoms with Crippen LogP contribution in [0.1, 0.15) is 11.1 Å². The predicted octanol–water partition coefficient (Wildman–Crippen LogP) is 4.83. The minimum Gasteiger partial charge on any atom is -0.495 e. The third kappa shape index (κ3) is 3.51. The zero-order valence-corrected chi connectivity index (χ0v) is 14.0. The van der Waals surface area contributed by atoms with E-state index in [0.717, 1.165) is 28.0 Å². The van der Waals surface area contributed by atoms with Crippen LogP contribution >= 0.6 is 0 Å². The molecule has 3 aromatic rings. The van der Waals surface area contributed by atoms with Crippen molar-refractivity contribution in [3.63, 3.8) is 0 Å². The zero-order chi connectivity index (χ0) is 16.9. The normalized spacial score (nSPS) is 10.4. The number of hydrogen-bond donors (Lipinski definition) is 1. The number of benzene rings is 3. The molecule has 24 heavy (non-hydrogen) atoms. The predicted molar refractivity (Wildman–Crippen MR) is 98.4 cm³/mol. The summed E-state index contributed by atoms with van der Waals surface area (Å²) in [5.41, 5.74) is 11.1. The lowest BCUT2D eigenvalue weighted by Crippen LogP contribution is -1.96. The summed E-state index contributed by atoms with van der Waals surface area (Å²) in [5, 5.41) is 0. The second-order valence-electron chi connectivity index (χ2n) is 5.71. The van der Waals surface area contributed by atoms with Gasteiger partial charge in [0.25, 0.3) is 0 Å². The van der Waals surface area contributed by atoms with Crippen LogP contribution in [0.2, 0.25) is 0 Å². The first kappa shape index (κ1) is 15.9. The van der Waals surface area contributed by atoms with E-state index in [9.17, 15) is 0 Å². The van der Waals surface area contributed by atoms with Gasteiger partial charge in [0.15, 0.2) is 0 Å². The lowest BCUT2D eigenvalue weighted by Gasteiger charge is -2.12. The summed E-state index contributed by atoms with van der Waals surface area (Å²) in [6.45, 7) is 2.61. The van der Waals surface area contributed by atoms with Crippen molar-refractivity contribution >= 4 is 5.69 Å². The minimum atomic E-state index is 0.564. The molecule has 0 spiro atoms. The van der Waals surface area contributed by atoms with E-state index in [2.05, 4.69) is 24.3 Å². The van der Waals surface area contributed by atoms with Crippen LogP contribution in [0, 0.1) is 6.92 Å². The lowest BCUT2D eigenvalue weighted by molar-refractivity contribution is 0.306. The Morgan fingerprint density at radius 1 is 0.917 bits per heavy atom. The molecular formula is C21H21NO2. The molecule has 3 rings (SSSR count). The van der Waals surface area contributed by atoms with E-state index in [0.29, 0.717) is 18.0 Å². The molecule has 0 saturated heterocycles. The molecule has 122 valence electrons. The van der Waals surface area contributed by atoms with Crippen LogP contribution in [-0.2, 0) is 6.61 Å². The molecule has 3 heteroatoms. The number of anilines is 1. The van der Waals surface area contributed by atoms with Crippen molar-refractivity contribution in [3.05, 3.63) is 77.9 Å². The van der Waals surface area contributed by atoms with E-state index in [4.69, 9.17) is 15.2 Å². The van der Waals surface area contributed by atoms with Crippen LogP contribution in [0.4, 0.5) is 5.69 Å². The first-order chi connectivity index (χ1) is 11.7. The molecule has 0 radical (unpaired) electrons. The van der Waals surface area contributed by atoms with Gasteiger partial charge in [-0.15, -0.1) is 0 Å². The number of aryl methyl sites for hydroxylation is 1. The molecule has 3 nitrogen and oxygen atoms in total. The van der Waals surface area contributed by atoms with Crippen molar-refractivity contribution < 1.29 is 9.47 Å². The molecule has 0 aliphatic heterocycles. The summed E-state index contributed by atoms with van der Waals surface area (Å²) in [4.78, 5) is 0. The second kappa shape index (κ2) is 7.09. The fourth-order valence-electron chi connectivity index (χ4n) is 2.67. The van der Waals surface area contributed by atoms with Gasteiger partial charge in [-0.2, -0.15) is 0 Å². The van der Waals surface area contributed by atoms with Gasteiger partial charge in [0, 0.05) is 0 Å². The highest BCUT2D eigenvalue weighted by atomic mass is 16.5. The van der Waals surface area contributed by atoms with E-state index < -0.39 is 0 Å². The van der Waals surface area contributed by atoms with Gasteiger partial charge in [-0.05, 0) is 53.4 Å². The largest absolute Gasteiger partial charge is 0.495 e. The van der Waals surface area contributed by atoms with Gasteiger partial charge in [0.1, 0.15) is 18.1 Å². The van der Waals surface area contributed by atoms with E-state index >= 15 is 0 Å². The van der Waals surface area contributed by atoms with Gasteiger partial charge in [0.05, 0.1) is 12.8 Å². The number of ether oxygens (including phenoxy) is 2. The Bertz CT molecular complexity index is 811. The first-order valence-corrected chi connectivity index (χ1v) is 7.88. The molecule has 0 atom stereocenters.